The smallest absolute Gasteiger partial charge is 0.358 e. The second-order valence-electron chi connectivity index (χ2n) is 2.47. The highest BCUT2D eigenvalue weighted by molar-refractivity contribution is 7.80. The summed E-state index contributed by atoms with van der Waals surface area (Å²) in [6.45, 7) is 0.332. The molecule has 1 aromatic rings. The fourth-order valence-corrected chi connectivity index (χ4v) is 1.19. The minimum Gasteiger partial charge on any atom is -0.358 e. The Morgan fingerprint density at radius 2 is 2.40 bits per heavy atom. The zero-order valence-corrected chi connectivity index (χ0v) is 9.01. The minimum absolute atomic E-state index is 0.190. The van der Waals surface area contributed by atoms with Gasteiger partial charge in [-0.2, -0.15) is 12.6 Å². The summed E-state index contributed by atoms with van der Waals surface area (Å²) in [4.78, 5) is 21.0. The van der Waals surface area contributed by atoms with E-state index in [-0.39, 0.29) is 10.7 Å². The molecule has 2 N–H and O–H groups in total. The van der Waals surface area contributed by atoms with Crippen LogP contribution in [0.1, 0.15) is 10.5 Å². The molecule has 1 aromatic heterocycles. The number of amides is 1. The summed E-state index contributed by atoms with van der Waals surface area (Å²) in [6.07, 6.45) is 0. The number of thiol groups is 1. The lowest BCUT2D eigenvalue weighted by Crippen LogP contribution is -2.25. The number of hydrogen-bond acceptors (Lipinski definition) is 5. The summed E-state index contributed by atoms with van der Waals surface area (Å²) in [5.74, 6) is -0.610. The molecule has 0 fully saturated rings. The largest absolute Gasteiger partial charge is 0.362 e. The van der Waals surface area contributed by atoms with Crippen molar-refractivity contribution in [3.8, 4) is 0 Å². The van der Waals surface area contributed by atoms with Crippen LogP contribution in [0.5, 0.6) is 0 Å². The predicted octanol–water partition coefficient (Wildman–Crippen LogP) is 0.631. The molecule has 1 rings (SSSR count). The van der Waals surface area contributed by atoms with Gasteiger partial charge in [-0.1, -0.05) is 16.7 Å². The van der Waals surface area contributed by atoms with Crippen LogP contribution in [0.15, 0.2) is 0 Å². The Labute approximate surface area is 94.7 Å². The zero-order chi connectivity index (χ0) is 11.4. The molecule has 0 radical (unpaired) electrons. The van der Waals surface area contributed by atoms with Gasteiger partial charge in [-0.25, -0.2) is 0 Å². The van der Waals surface area contributed by atoms with E-state index in [0.717, 1.165) is 0 Å². The van der Waals surface area contributed by atoms with E-state index in [2.05, 4.69) is 28.1 Å². The van der Waals surface area contributed by atoms with Crippen molar-refractivity contribution in [1.29, 1.82) is 0 Å². The minimum atomic E-state index is -0.745. The number of carbonyl (C=O) groups is 1. The third-order valence-corrected chi connectivity index (χ3v) is 2.07. The predicted molar refractivity (Wildman–Crippen MR) is 56.4 cm³/mol. The number of hydrogen-bond donors (Lipinski definition) is 3. The van der Waals surface area contributed by atoms with Crippen LogP contribution in [-0.4, -0.2) is 33.3 Å². The van der Waals surface area contributed by atoms with E-state index in [4.69, 9.17) is 11.6 Å². The Morgan fingerprint density at radius 3 is 2.87 bits per heavy atom. The Balaban J connectivity index is 2.86. The van der Waals surface area contributed by atoms with Crippen LogP contribution in [0.25, 0.3) is 0 Å². The van der Waals surface area contributed by atoms with Gasteiger partial charge in [0.05, 0.1) is 0 Å². The van der Waals surface area contributed by atoms with E-state index in [1.807, 2.05) is 0 Å². The van der Waals surface area contributed by atoms with Gasteiger partial charge in [-0.15, -0.1) is 5.10 Å². The molecule has 15 heavy (non-hydrogen) atoms. The molecular weight excluding hydrogens is 244 g/mol. The van der Waals surface area contributed by atoms with Crippen molar-refractivity contribution in [3.05, 3.63) is 20.8 Å². The molecule has 0 aliphatic rings. The van der Waals surface area contributed by atoms with Crippen LogP contribution in [0, 0.1) is 10.1 Å². The van der Waals surface area contributed by atoms with Crippen LogP contribution < -0.4 is 5.32 Å². The van der Waals surface area contributed by atoms with Crippen LogP contribution in [0.2, 0.25) is 5.02 Å². The fraction of sp³-hybridized carbons (Fsp3) is 0.333. The summed E-state index contributed by atoms with van der Waals surface area (Å²) in [5, 5.41) is 18.0. The highest BCUT2D eigenvalue weighted by atomic mass is 35.5. The third-order valence-electron chi connectivity index (χ3n) is 1.48. The maximum atomic E-state index is 11.3. The molecule has 0 spiro atoms. The average Bonchev–Trinajstić information content (AvgIpc) is 2.56. The van der Waals surface area contributed by atoms with Crippen molar-refractivity contribution in [2.24, 2.45) is 0 Å². The van der Waals surface area contributed by atoms with Crippen molar-refractivity contribution >= 4 is 36.0 Å². The molecule has 7 nitrogen and oxygen atoms in total. The van der Waals surface area contributed by atoms with Crippen LogP contribution in [0.4, 0.5) is 5.82 Å². The van der Waals surface area contributed by atoms with E-state index >= 15 is 0 Å². The van der Waals surface area contributed by atoms with Gasteiger partial charge in [-0.3, -0.25) is 4.79 Å². The molecule has 0 saturated carbocycles. The summed E-state index contributed by atoms with van der Waals surface area (Å²) in [5.41, 5.74) is -0.190. The van der Waals surface area contributed by atoms with Crippen LogP contribution >= 0.6 is 24.2 Å². The topological polar surface area (TPSA) is 101 Å². The number of aromatic nitrogens is 2. The second-order valence-corrected chi connectivity index (χ2v) is 3.30. The van der Waals surface area contributed by atoms with Gasteiger partial charge in [0, 0.05) is 12.3 Å². The Kier molecular flexibility index (Phi) is 3.92. The normalized spacial score (nSPS) is 10.0. The fourth-order valence-electron chi connectivity index (χ4n) is 0.844. The maximum Gasteiger partial charge on any atom is 0.362 e. The molecule has 9 heteroatoms. The summed E-state index contributed by atoms with van der Waals surface area (Å²) in [6, 6.07) is 0. The highest BCUT2D eigenvalue weighted by Crippen LogP contribution is 2.24. The average molecular weight is 251 g/mol. The van der Waals surface area contributed by atoms with Gasteiger partial charge in [-0.05, 0) is 4.92 Å². The first-order chi connectivity index (χ1) is 7.07. The Hall–Kier alpha value is -1.28. The second kappa shape index (κ2) is 4.99. The SMILES string of the molecule is O=C(NCCS)c1n[nH]c([N+](=O)[O-])c1Cl. The lowest BCUT2D eigenvalue weighted by molar-refractivity contribution is -0.389. The number of nitrogens with one attached hydrogen (secondary N) is 2. The number of rotatable bonds is 4. The van der Waals surface area contributed by atoms with Crippen molar-refractivity contribution in [2.45, 2.75) is 0 Å². The monoisotopic (exact) mass is 250 g/mol. The van der Waals surface area contributed by atoms with E-state index in [1.54, 1.807) is 0 Å². The van der Waals surface area contributed by atoms with Crippen molar-refractivity contribution < 1.29 is 9.72 Å². The van der Waals surface area contributed by atoms with Gasteiger partial charge >= 0.3 is 5.82 Å². The standard InChI is InChI=1S/C6H7ClN4O3S/c7-3-4(6(12)8-1-2-15)9-10-5(3)11(13)14/h15H,1-2H2,(H,8,12)(H,9,10). The zero-order valence-electron chi connectivity index (χ0n) is 7.36. The highest BCUT2D eigenvalue weighted by Gasteiger charge is 2.24. The molecule has 0 atom stereocenters. The van der Waals surface area contributed by atoms with Gasteiger partial charge in [0.25, 0.3) is 5.91 Å². The first kappa shape index (κ1) is 11.8. The number of nitro groups is 1. The molecule has 82 valence electrons. The number of H-pyrrole nitrogens is 1. The first-order valence-corrected chi connectivity index (χ1v) is 4.86. The lowest BCUT2D eigenvalue weighted by Gasteiger charge is -1.98. The lowest BCUT2D eigenvalue weighted by atomic mass is 10.4. The number of carbonyl (C=O) groups excluding carboxylic acids is 1. The van der Waals surface area contributed by atoms with E-state index in [1.165, 1.54) is 0 Å². The molecule has 0 aliphatic carbocycles. The Morgan fingerprint density at radius 1 is 1.73 bits per heavy atom. The van der Waals surface area contributed by atoms with Crippen molar-refractivity contribution in [3.63, 3.8) is 0 Å². The van der Waals surface area contributed by atoms with E-state index in [9.17, 15) is 14.9 Å². The van der Waals surface area contributed by atoms with Crippen molar-refractivity contribution in [1.82, 2.24) is 15.5 Å². The molecule has 0 aromatic carbocycles. The van der Waals surface area contributed by atoms with Gasteiger partial charge in [0.1, 0.15) is 0 Å². The van der Waals surface area contributed by atoms with Gasteiger partial charge < -0.3 is 15.4 Å². The maximum absolute atomic E-state index is 11.3. The number of halogens is 1. The molecule has 1 amide bonds. The van der Waals surface area contributed by atoms with Crippen LogP contribution in [-0.2, 0) is 0 Å². The first-order valence-electron chi connectivity index (χ1n) is 3.85. The molecule has 0 bridgehead atoms. The van der Waals surface area contributed by atoms with Gasteiger partial charge in [0.15, 0.2) is 10.7 Å². The summed E-state index contributed by atoms with van der Waals surface area (Å²) in [7, 11) is 0. The van der Waals surface area contributed by atoms with E-state index in [0.29, 0.717) is 12.3 Å². The molecule has 1 heterocycles. The summed E-state index contributed by atoms with van der Waals surface area (Å²) < 4.78 is 0. The molecular formula is C6H7ClN4O3S. The molecule has 0 saturated heterocycles. The third kappa shape index (κ3) is 2.60. The van der Waals surface area contributed by atoms with Crippen LogP contribution in [0.3, 0.4) is 0 Å². The quantitative estimate of drug-likeness (QED) is 0.414. The van der Waals surface area contributed by atoms with E-state index < -0.39 is 16.6 Å². The number of aromatic amines is 1. The molecule has 0 aliphatic heterocycles. The number of nitrogens with zero attached hydrogens (tertiary/aromatic N) is 2. The Bertz CT molecular complexity index is 394. The van der Waals surface area contributed by atoms with Gasteiger partial charge in [0.2, 0.25) is 0 Å². The molecule has 0 unspecified atom stereocenters. The van der Waals surface area contributed by atoms with Crippen molar-refractivity contribution in [2.75, 3.05) is 12.3 Å². The summed E-state index contributed by atoms with van der Waals surface area (Å²) >= 11 is 9.47.